The third-order valence-corrected chi connectivity index (χ3v) is 5.86. The summed E-state index contributed by atoms with van der Waals surface area (Å²) >= 11 is 12.2. The number of piperidine rings is 1. The summed E-state index contributed by atoms with van der Waals surface area (Å²) < 4.78 is 1.61. The standard InChI is InChI=1S/C20H18Cl2N4O2/c21-16-8-4-7-15(17(16)22)19(27)25-11-9-13(10-12-25)18-23-24-20(28)26(18)14-5-2-1-3-6-14/h1-8,13H,9-12H2,(H,24,28). The van der Waals surface area contributed by atoms with E-state index in [1.54, 1.807) is 27.7 Å². The van der Waals surface area contributed by atoms with Crippen molar-refractivity contribution in [2.24, 2.45) is 0 Å². The molecule has 2 heterocycles. The van der Waals surface area contributed by atoms with Gasteiger partial charge in [-0.15, -0.1) is 0 Å². The van der Waals surface area contributed by atoms with Gasteiger partial charge in [0.2, 0.25) is 0 Å². The lowest BCUT2D eigenvalue weighted by atomic mass is 9.95. The first-order chi connectivity index (χ1) is 13.6. The fraction of sp³-hybridized carbons (Fsp3) is 0.250. The van der Waals surface area contributed by atoms with E-state index >= 15 is 0 Å². The van der Waals surface area contributed by atoms with Crippen molar-refractivity contribution >= 4 is 29.1 Å². The number of para-hydroxylation sites is 1. The normalized spacial score (nSPS) is 15.0. The predicted molar refractivity (Wildman–Crippen MR) is 109 cm³/mol. The quantitative estimate of drug-likeness (QED) is 0.703. The number of aromatic amines is 1. The number of halogens is 2. The number of amides is 1. The Morgan fingerprint density at radius 2 is 1.75 bits per heavy atom. The van der Waals surface area contributed by atoms with Crippen LogP contribution >= 0.6 is 23.2 Å². The number of likely N-dealkylation sites (tertiary alicyclic amines) is 1. The minimum Gasteiger partial charge on any atom is -0.339 e. The summed E-state index contributed by atoms with van der Waals surface area (Å²) in [4.78, 5) is 26.8. The van der Waals surface area contributed by atoms with Crippen molar-refractivity contribution in [2.75, 3.05) is 13.1 Å². The highest BCUT2D eigenvalue weighted by molar-refractivity contribution is 6.43. The number of nitrogens with zero attached hydrogens (tertiary/aromatic N) is 3. The summed E-state index contributed by atoms with van der Waals surface area (Å²) in [5, 5.41) is 7.45. The van der Waals surface area contributed by atoms with Crippen LogP contribution in [0.3, 0.4) is 0 Å². The highest BCUT2D eigenvalue weighted by atomic mass is 35.5. The molecule has 0 radical (unpaired) electrons. The topological polar surface area (TPSA) is 71.0 Å². The van der Waals surface area contributed by atoms with Crippen LogP contribution in [0.1, 0.15) is 34.9 Å². The Labute approximate surface area is 171 Å². The van der Waals surface area contributed by atoms with Gasteiger partial charge in [-0.3, -0.25) is 4.79 Å². The lowest BCUT2D eigenvalue weighted by Crippen LogP contribution is -2.38. The Kier molecular flexibility index (Phi) is 5.24. The summed E-state index contributed by atoms with van der Waals surface area (Å²) in [5.74, 6) is 0.649. The van der Waals surface area contributed by atoms with Gasteiger partial charge in [-0.1, -0.05) is 47.5 Å². The molecule has 6 nitrogen and oxygen atoms in total. The largest absolute Gasteiger partial charge is 0.347 e. The highest BCUT2D eigenvalue weighted by Gasteiger charge is 2.29. The van der Waals surface area contributed by atoms with Gasteiger partial charge >= 0.3 is 5.69 Å². The van der Waals surface area contributed by atoms with Crippen molar-refractivity contribution in [3.8, 4) is 5.69 Å². The molecule has 0 saturated carbocycles. The smallest absolute Gasteiger partial charge is 0.339 e. The Morgan fingerprint density at radius 3 is 2.46 bits per heavy atom. The number of carbonyl (C=O) groups excluding carboxylic acids is 1. The number of rotatable bonds is 3. The molecule has 1 saturated heterocycles. The molecule has 1 N–H and O–H groups in total. The molecule has 0 bridgehead atoms. The van der Waals surface area contributed by atoms with Gasteiger partial charge in [0.25, 0.3) is 5.91 Å². The second-order valence-electron chi connectivity index (χ2n) is 6.73. The molecule has 1 aromatic heterocycles. The lowest BCUT2D eigenvalue weighted by Gasteiger charge is -2.32. The van der Waals surface area contributed by atoms with Gasteiger partial charge < -0.3 is 4.90 Å². The molecule has 28 heavy (non-hydrogen) atoms. The van der Waals surface area contributed by atoms with Gasteiger partial charge in [-0.05, 0) is 37.1 Å². The monoisotopic (exact) mass is 416 g/mol. The Morgan fingerprint density at radius 1 is 1.04 bits per heavy atom. The number of benzene rings is 2. The highest BCUT2D eigenvalue weighted by Crippen LogP contribution is 2.30. The SMILES string of the molecule is O=C(c1cccc(Cl)c1Cl)N1CCC(c2n[nH]c(=O)n2-c2ccccc2)CC1. The summed E-state index contributed by atoms with van der Waals surface area (Å²) in [6.07, 6.45) is 1.42. The van der Waals surface area contributed by atoms with Crippen molar-refractivity contribution in [3.05, 3.63) is 80.4 Å². The number of nitrogens with one attached hydrogen (secondary N) is 1. The first-order valence-electron chi connectivity index (χ1n) is 9.02. The summed E-state index contributed by atoms with van der Waals surface area (Å²) in [6.45, 7) is 1.12. The molecule has 8 heteroatoms. The van der Waals surface area contributed by atoms with Crippen LogP contribution in [-0.2, 0) is 0 Å². The average Bonchev–Trinajstić information content (AvgIpc) is 3.12. The molecule has 0 unspecified atom stereocenters. The van der Waals surface area contributed by atoms with E-state index in [1.807, 2.05) is 30.3 Å². The van der Waals surface area contributed by atoms with Crippen LogP contribution in [0.25, 0.3) is 5.69 Å². The average molecular weight is 417 g/mol. The fourth-order valence-corrected chi connectivity index (χ4v) is 3.97. The third-order valence-electron chi connectivity index (χ3n) is 5.04. The van der Waals surface area contributed by atoms with Gasteiger partial charge in [-0.2, -0.15) is 5.10 Å². The number of hydrogen-bond donors (Lipinski definition) is 1. The van der Waals surface area contributed by atoms with Gasteiger partial charge in [-0.25, -0.2) is 14.5 Å². The second kappa shape index (κ2) is 7.81. The molecule has 2 aromatic carbocycles. The molecule has 1 amide bonds. The molecular weight excluding hydrogens is 399 g/mol. The van der Waals surface area contributed by atoms with Crippen molar-refractivity contribution in [2.45, 2.75) is 18.8 Å². The zero-order valence-corrected chi connectivity index (χ0v) is 16.5. The van der Waals surface area contributed by atoms with E-state index in [4.69, 9.17) is 23.2 Å². The van der Waals surface area contributed by atoms with Crippen LogP contribution in [0.2, 0.25) is 10.0 Å². The summed E-state index contributed by atoms with van der Waals surface area (Å²) in [5.41, 5.74) is 0.930. The van der Waals surface area contributed by atoms with Crippen molar-refractivity contribution in [1.82, 2.24) is 19.7 Å². The zero-order chi connectivity index (χ0) is 19.7. The van der Waals surface area contributed by atoms with Crippen LogP contribution in [-0.4, -0.2) is 38.7 Å². The third kappa shape index (κ3) is 3.45. The number of H-pyrrole nitrogens is 1. The van der Waals surface area contributed by atoms with Crippen LogP contribution < -0.4 is 5.69 Å². The number of aromatic nitrogens is 3. The van der Waals surface area contributed by atoms with E-state index in [9.17, 15) is 9.59 Å². The molecule has 0 aliphatic carbocycles. The molecule has 4 rings (SSSR count). The van der Waals surface area contributed by atoms with Crippen molar-refractivity contribution in [1.29, 1.82) is 0 Å². The summed E-state index contributed by atoms with van der Waals surface area (Å²) in [6, 6.07) is 14.5. The van der Waals surface area contributed by atoms with Gasteiger partial charge in [0.1, 0.15) is 5.82 Å². The van der Waals surface area contributed by atoms with E-state index in [0.29, 0.717) is 42.3 Å². The second-order valence-corrected chi connectivity index (χ2v) is 7.51. The van der Waals surface area contributed by atoms with Crippen molar-refractivity contribution < 1.29 is 4.79 Å². The molecule has 1 fully saturated rings. The molecular formula is C20H18Cl2N4O2. The first-order valence-corrected chi connectivity index (χ1v) is 9.78. The lowest BCUT2D eigenvalue weighted by molar-refractivity contribution is 0.0711. The van der Waals surface area contributed by atoms with Gasteiger partial charge in [0.15, 0.2) is 0 Å². The Bertz CT molecular complexity index is 1050. The molecule has 0 spiro atoms. The molecule has 1 aliphatic heterocycles. The number of hydrogen-bond acceptors (Lipinski definition) is 3. The molecule has 3 aromatic rings. The van der Waals surface area contributed by atoms with Gasteiger partial charge in [0.05, 0.1) is 21.3 Å². The van der Waals surface area contributed by atoms with E-state index < -0.39 is 0 Å². The minimum absolute atomic E-state index is 0.0815. The molecule has 0 atom stereocenters. The molecule has 144 valence electrons. The van der Waals surface area contributed by atoms with Crippen molar-refractivity contribution in [3.63, 3.8) is 0 Å². The maximum absolute atomic E-state index is 12.8. The first kappa shape index (κ1) is 18.8. The maximum atomic E-state index is 12.8. The van der Waals surface area contributed by atoms with Crippen LogP contribution in [0.4, 0.5) is 0 Å². The molecule has 1 aliphatic rings. The predicted octanol–water partition coefficient (Wildman–Crippen LogP) is 3.89. The Balaban J connectivity index is 1.52. The van der Waals surface area contributed by atoms with Gasteiger partial charge in [0, 0.05) is 19.0 Å². The van der Waals surface area contributed by atoms with Crippen LogP contribution in [0.15, 0.2) is 53.3 Å². The van der Waals surface area contributed by atoms with E-state index in [-0.39, 0.29) is 22.5 Å². The summed E-state index contributed by atoms with van der Waals surface area (Å²) in [7, 11) is 0. The Hall–Kier alpha value is -2.57. The number of carbonyl (C=O) groups is 1. The maximum Gasteiger partial charge on any atom is 0.347 e. The minimum atomic E-state index is -0.259. The van der Waals surface area contributed by atoms with Crippen LogP contribution in [0, 0.1) is 0 Å². The van der Waals surface area contributed by atoms with Crippen LogP contribution in [0.5, 0.6) is 0 Å². The van der Waals surface area contributed by atoms with E-state index in [1.165, 1.54) is 0 Å². The van der Waals surface area contributed by atoms with E-state index in [2.05, 4.69) is 10.2 Å². The van der Waals surface area contributed by atoms with E-state index in [0.717, 1.165) is 5.69 Å². The zero-order valence-electron chi connectivity index (χ0n) is 14.9. The fourth-order valence-electron chi connectivity index (χ4n) is 3.59.